The third kappa shape index (κ3) is 11.9. The lowest BCUT2D eigenvalue weighted by atomic mass is 10.1. The number of nitrogens with zero attached hydrogens (tertiary/aromatic N) is 3. The third-order valence-electron chi connectivity index (χ3n) is 11.8. The minimum absolute atomic E-state index is 0.0326. The fourth-order valence-electron chi connectivity index (χ4n) is 8.50. The van der Waals surface area contributed by atoms with Gasteiger partial charge in [-0.25, -0.2) is 56.0 Å². The predicted molar refractivity (Wildman–Crippen MR) is 252 cm³/mol. The Kier molecular flexibility index (Phi) is 15.3. The van der Waals surface area contributed by atoms with E-state index in [1.807, 2.05) is 0 Å². The zero-order valence-corrected chi connectivity index (χ0v) is 42.3. The van der Waals surface area contributed by atoms with Crippen molar-refractivity contribution < 1.29 is 94.0 Å². The first-order chi connectivity index (χ1) is 36.1. The van der Waals surface area contributed by atoms with E-state index < -0.39 is 133 Å². The van der Waals surface area contributed by atoms with E-state index in [1.54, 1.807) is 18.2 Å². The van der Waals surface area contributed by atoms with Crippen LogP contribution in [0.4, 0.5) is 39.5 Å². The fraction of sp³-hybridized carbons (Fsp3) is 0.216. The molecule has 15 nitrogen and oxygen atoms in total. The molecule has 0 fully saturated rings. The summed E-state index contributed by atoms with van der Waals surface area (Å²) < 4.78 is 212. The molecule has 3 aliphatic rings. The van der Waals surface area contributed by atoms with Crippen LogP contribution in [0.1, 0.15) is 67.1 Å². The number of sulfone groups is 3. The largest absolute Gasteiger partial charge is 0.457 e. The quantitative estimate of drug-likeness (QED) is 0.128. The summed E-state index contributed by atoms with van der Waals surface area (Å²) in [6.07, 6.45) is -4.98. The number of alkyl halides is 6. The van der Waals surface area contributed by atoms with Crippen LogP contribution in [0.2, 0.25) is 0 Å². The minimum atomic E-state index is -3.93. The molecule has 0 spiro atoms. The van der Waals surface area contributed by atoms with Gasteiger partial charge in [0, 0.05) is 89.6 Å². The number of rotatable bonds is 9. The van der Waals surface area contributed by atoms with Crippen LogP contribution in [0.15, 0.2) is 106 Å². The molecular weight excluding hydrogens is 1110 g/mol. The fourth-order valence-corrected chi connectivity index (χ4v) is 11.3. The molecule has 2 N–H and O–H groups in total. The number of carbonyl (C=O) groups excluding carboxylic acids is 1. The molecule has 0 unspecified atom stereocenters. The van der Waals surface area contributed by atoms with E-state index in [2.05, 4.69) is 0 Å². The van der Waals surface area contributed by atoms with Gasteiger partial charge >= 0.3 is 5.92 Å². The molecular formula is C51H34F9N3O12S3. The van der Waals surface area contributed by atoms with Gasteiger partial charge in [0.05, 0.1) is 49.6 Å². The summed E-state index contributed by atoms with van der Waals surface area (Å²) in [7, 11) is -11.7. The van der Waals surface area contributed by atoms with Crippen LogP contribution in [-0.2, 0) is 48.8 Å². The van der Waals surface area contributed by atoms with Crippen molar-refractivity contribution in [3.8, 4) is 52.7 Å². The second-order valence-corrected chi connectivity index (χ2v) is 23.7. The first-order valence-corrected chi connectivity index (χ1v) is 27.5. The van der Waals surface area contributed by atoms with Gasteiger partial charge in [0.1, 0.15) is 64.2 Å². The highest BCUT2D eigenvalue weighted by Crippen LogP contribution is 2.51. The number of ether oxygens (including phenoxy) is 3. The summed E-state index contributed by atoms with van der Waals surface area (Å²) in [5.74, 6) is -15.6. The van der Waals surface area contributed by atoms with Gasteiger partial charge in [-0.1, -0.05) is 0 Å². The zero-order valence-electron chi connectivity index (χ0n) is 39.9. The van der Waals surface area contributed by atoms with Crippen LogP contribution >= 0.6 is 0 Å². The molecule has 0 amide bonds. The maximum atomic E-state index is 14.0. The first-order valence-electron chi connectivity index (χ1n) is 21.9. The summed E-state index contributed by atoms with van der Waals surface area (Å²) in [5, 5.41) is 46.4. The lowest BCUT2D eigenvalue weighted by Crippen LogP contribution is -2.24. The number of benzene rings is 6. The number of aliphatic hydroxyl groups excluding tert-OH is 2. The topological polar surface area (TPSA) is 259 Å². The van der Waals surface area contributed by atoms with Crippen LogP contribution < -0.4 is 14.2 Å². The van der Waals surface area contributed by atoms with Crippen molar-refractivity contribution in [3.63, 3.8) is 0 Å². The van der Waals surface area contributed by atoms with E-state index in [0.717, 1.165) is 79.4 Å². The Balaban J connectivity index is 0.000000170. The van der Waals surface area contributed by atoms with Gasteiger partial charge in [-0.15, -0.1) is 0 Å². The van der Waals surface area contributed by atoms with Gasteiger partial charge in [0.15, 0.2) is 29.5 Å². The Morgan fingerprint density at radius 2 is 0.795 bits per heavy atom. The van der Waals surface area contributed by atoms with Crippen molar-refractivity contribution in [3.05, 3.63) is 159 Å². The average molecular weight is 1150 g/mol. The van der Waals surface area contributed by atoms with Gasteiger partial charge in [-0.3, -0.25) is 4.79 Å². The van der Waals surface area contributed by atoms with Crippen molar-refractivity contribution in [2.45, 2.75) is 63.9 Å². The number of halogens is 9. The Bertz CT molecular complexity index is 3820. The van der Waals surface area contributed by atoms with E-state index in [1.165, 1.54) is 30.3 Å². The number of Topliss-reactive ketones (excluding diaryl/α,β-unsaturated/α-hetero) is 1. The van der Waals surface area contributed by atoms with Crippen LogP contribution in [0, 0.1) is 51.4 Å². The summed E-state index contributed by atoms with van der Waals surface area (Å²) in [6, 6.07) is 21.1. The standard InChI is InChI=1S/2C17H12F3NO4S.C17H10F3NO4S/c3*1-26(23,24)14-3-2-13(12-7-17(19,20)16(22)15(12)14)25-11-5-9(8-21)4-10(18)6-11/h2*2-6,16,22H,7H2,1H3;2-6H,7H2,1H3/t2*16-;/m00./s1. The predicted octanol–water partition coefficient (Wildman–Crippen LogP) is 9.50. The Labute approximate surface area is 437 Å². The molecule has 0 radical (unpaired) electrons. The normalized spacial score (nSPS) is 17.3. The summed E-state index contributed by atoms with van der Waals surface area (Å²) in [5.41, 5.74) is -2.20. The molecule has 406 valence electrons. The van der Waals surface area contributed by atoms with Crippen molar-refractivity contribution >= 4 is 35.3 Å². The van der Waals surface area contributed by atoms with E-state index in [4.69, 9.17) is 30.0 Å². The van der Waals surface area contributed by atoms with Crippen LogP contribution in [0.5, 0.6) is 34.5 Å². The van der Waals surface area contributed by atoms with Crippen LogP contribution in [0.25, 0.3) is 0 Å². The molecule has 9 rings (SSSR count). The summed E-state index contributed by atoms with van der Waals surface area (Å²) in [6.45, 7) is 0. The average Bonchev–Trinajstić information content (AvgIpc) is 4.02. The number of aliphatic hydroxyl groups is 2. The number of nitriles is 3. The molecule has 2 atom stereocenters. The van der Waals surface area contributed by atoms with E-state index in [0.29, 0.717) is 0 Å². The van der Waals surface area contributed by atoms with Gasteiger partial charge in [0.2, 0.25) is 5.78 Å². The monoisotopic (exact) mass is 1150 g/mol. The van der Waals surface area contributed by atoms with Crippen LogP contribution in [0.3, 0.4) is 0 Å². The number of fused-ring (bicyclic) bond motifs is 3. The number of carbonyl (C=O) groups is 1. The molecule has 0 aromatic heterocycles. The second-order valence-electron chi connectivity index (χ2n) is 17.7. The van der Waals surface area contributed by atoms with Crippen LogP contribution in [-0.4, -0.2) is 77.8 Å². The Hall–Kier alpha value is -8.00. The number of ketones is 1. The highest BCUT2D eigenvalue weighted by Gasteiger charge is 2.52. The zero-order chi connectivity index (χ0) is 57.8. The van der Waals surface area contributed by atoms with Crippen molar-refractivity contribution in [1.29, 1.82) is 15.8 Å². The SMILES string of the molecule is CS(=O)(=O)c1ccc(Oc2cc(F)cc(C#N)c2)c2c1C(=O)C(F)(F)C2.CS(=O)(=O)c1ccc(Oc2cc(F)cc(C#N)c2)c2c1[C@H](O)C(F)(F)C2.CS(=O)(=O)c1ccc(Oc2cc(F)cc(C#N)c2)c2c1[C@H](O)C(F)(F)C2. The Morgan fingerprint density at radius 3 is 1.10 bits per heavy atom. The summed E-state index contributed by atoms with van der Waals surface area (Å²) >= 11 is 0. The molecule has 6 aromatic carbocycles. The number of hydrogen-bond acceptors (Lipinski definition) is 15. The smallest absolute Gasteiger partial charge is 0.313 e. The third-order valence-corrected chi connectivity index (χ3v) is 15.2. The molecule has 78 heavy (non-hydrogen) atoms. The lowest BCUT2D eigenvalue weighted by molar-refractivity contribution is -0.0978. The van der Waals surface area contributed by atoms with Crippen molar-refractivity contribution in [1.82, 2.24) is 0 Å². The van der Waals surface area contributed by atoms with Crippen molar-refractivity contribution in [2.75, 3.05) is 18.8 Å². The Morgan fingerprint density at radius 1 is 0.487 bits per heavy atom. The minimum Gasteiger partial charge on any atom is -0.457 e. The molecule has 0 saturated heterocycles. The highest BCUT2D eigenvalue weighted by molar-refractivity contribution is 7.91. The lowest BCUT2D eigenvalue weighted by Gasteiger charge is -2.15. The van der Waals surface area contributed by atoms with E-state index in [9.17, 15) is 79.8 Å². The van der Waals surface area contributed by atoms with Crippen molar-refractivity contribution in [2.24, 2.45) is 0 Å². The molecule has 3 aliphatic carbocycles. The molecule has 0 saturated carbocycles. The van der Waals surface area contributed by atoms with E-state index >= 15 is 0 Å². The van der Waals surface area contributed by atoms with E-state index in [-0.39, 0.29) is 67.9 Å². The molecule has 0 aliphatic heterocycles. The van der Waals surface area contributed by atoms with Gasteiger partial charge in [0.25, 0.3) is 11.8 Å². The van der Waals surface area contributed by atoms with Gasteiger partial charge in [-0.2, -0.15) is 24.6 Å². The summed E-state index contributed by atoms with van der Waals surface area (Å²) in [4.78, 5) is 10.6. The molecule has 27 heteroatoms. The first kappa shape index (κ1) is 57.7. The highest BCUT2D eigenvalue weighted by atomic mass is 32.2. The van der Waals surface area contributed by atoms with Gasteiger partial charge < -0.3 is 24.4 Å². The molecule has 6 aromatic rings. The maximum Gasteiger partial charge on any atom is 0.313 e. The number of hydrogen-bond donors (Lipinski definition) is 2. The molecule has 0 heterocycles. The molecule has 0 bridgehead atoms. The van der Waals surface area contributed by atoms with Gasteiger partial charge in [-0.05, 0) is 72.8 Å². The second kappa shape index (κ2) is 20.8. The maximum absolute atomic E-state index is 14.0.